The molecule has 1 unspecified atom stereocenters. The molecular formula is C25H27N5O5. The molecule has 1 atom stereocenters. The molecule has 6 rings (SSSR count). The minimum atomic E-state index is -0.646. The summed E-state index contributed by atoms with van der Waals surface area (Å²) in [5.74, 6) is 2.13. The first-order chi connectivity index (χ1) is 17.0. The maximum atomic E-state index is 13.5. The molecule has 2 aliphatic rings. The summed E-state index contributed by atoms with van der Waals surface area (Å²) in [6, 6.07) is 8.89. The van der Waals surface area contributed by atoms with Crippen LogP contribution in [0.1, 0.15) is 30.8 Å². The van der Waals surface area contributed by atoms with Crippen molar-refractivity contribution in [3.05, 3.63) is 58.3 Å². The second kappa shape index (κ2) is 8.46. The molecule has 1 saturated heterocycles. The highest BCUT2D eigenvalue weighted by molar-refractivity contribution is 5.83. The largest absolute Gasteiger partial charge is 0.463 e. The lowest BCUT2D eigenvalue weighted by atomic mass is 10.1. The number of benzene rings is 1. The molecule has 1 amide bonds. The number of fused-ring (bicyclic) bond motifs is 4. The van der Waals surface area contributed by atoms with E-state index in [9.17, 15) is 9.59 Å². The van der Waals surface area contributed by atoms with Crippen LogP contribution in [0.5, 0.6) is 11.5 Å². The number of rotatable bonds is 5. The molecular weight excluding hydrogens is 450 g/mol. The lowest BCUT2D eigenvalue weighted by molar-refractivity contribution is -0.137. The van der Waals surface area contributed by atoms with Gasteiger partial charge in [0.1, 0.15) is 17.4 Å². The van der Waals surface area contributed by atoms with Crippen LogP contribution in [0, 0.1) is 6.92 Å². The lowest BCUT2D eigenvalue weighted by Gasteiger charge is -2.36. The summed E-state index contributed by atoms with van der Waals surface area (Å²) in [4.78, 5) is 31.0. The van der Waals surface area contributed by atoms with Crippen molar-refractivity contribution >= 4 is 22.5 Å². The fourth-order valence-electron chi connectivity index (χ4n) is 5.09. The van der Waals surface area contributed by atoms with Gasteiger partial charge in [-0.25, -0.2) is 4.68 Å². The third-order valence-corrected chi connectivity index (χ3v) is 6.92. The Bertz CT molecular complexity index is 1480. The molecule has 3 aromatic heterocycles. The van der Waals surface area contributed by atoms with Gasteiger partial charge in [-0.05, 0) is 31.0 Å². The predicted molar refractivity (Wildman–Crippen MR) is 128 cm³/mol. The Hall–Kier alpha value is -3.79. The van der Waals surface area contributed by atoms with Crippen molar-refractivity contribution in [3.8, 4) is 11.5 Å². The molecule has 0 N–H and O–H groups in total. The third-order valence-electron chi connectivity index (χ3n) is 6.92. The maximum absolute atomic E-state index is 13.5. The van der Waals surface area contributed by atoms with E-state index in [1.54, 1.807) is 16.7 Å². The molecule has 4 aromatic rings. The minimum Gasteiger partial charge on any atom is -0.463 e. The topological polar surface area (TPSA) is 94.5 Å². The van der Waals surface area contributed by atoms with E-state index < -0.39 is 6.04 Å². The van der Waals surface area contributed by atoms with Crippen LogP contribution >= 0.6 is 0 Å². The highest BCUT2D eigenvalue weighted by Gasteiger charge is 2.30. The van der Waals surface area contributed by atoms with Crippen LogP contribution in [0.2, 0.25) is 0 Å². The van der Waals surface area contributed by atoms with E-state index in [4.69, 9.17) is 13.9 Å². The van der Waals surface area contributed by atoms with Crippen molar-refractivity contribution in [1.29, 1.82) is 0 Å². The molecule has 0 spiro atoms. The third kappa shape index (κ3) is 3.65. The van der Waals surface area contributed by atoms with E-state index in [1.165, 1.54) is 4.68 Å². The van der Waals surface area contributed by atoms with Gasteiger partial charge < -0.3 is 18.8 Å². The molecule has 2 aliphatic heterocycles. The number of amides is 1. The number of piperazine rings is 1. The zero-order valence-corrected chi connectivity index (χ0v) is 19.8. The first-order valence-electron chi connectivity index (χ1n) is 11.9. The number of aromatic nitrogens is 3. The average Bonchev–Trinajstić information content (AvgIpc) is 3.59. The molecule has 182 valence electrons. The number of furan rings is 1. The molecule has 10 nitrogen and oxygen atoms in total. The molecule has 5 heterocycles. The quantitative estimate of drug-likeness (QED) is 0.436. The van der Waals surface area contributed by atoms with Gasteiger partial charge in [0, 0.05) is 44.9 Å². The SMILES string of the molecule is CCC(C(=O)N1CCN(Cc2ccc3c(c2)OCO3)CC1)n1nc(C)n2c(cc3occc32)c1=O. The van der Waals surface area contributed by atoms with Crippen LogP contribution in [0.4, 0.5) is 0 Å². The van der Waals surface area contributed by atoms with Gasteiger partial charge >= 0.3 is 0 Å². The fraction of sp³-hybridized carbons (Fsp3) is 0.400. The van der Waals surface area contributed by atoms with Crippen molar-refractivity contribution in [2.75, 3.05) is 33.0 Å². The number of carbonyl (C=O) groups excluding carboxylic acids is 1. The van der Waals surface area contributed by atoms with E-state index >= 15 is 0 Å². The summed E-state index contributed by atoms with van der Waals surface area (Å²) >= 11 is 0. The molecule has 0 aliphatic carbocycles. The molecule has 1 aromatic carbocycles. The second-order valence-corrected chi connectivity index (χ2v) is 9.05. The van der Waals surface area contributed by atoms with Crippen LogP contribution in [-0.4, -0.2) is 62.9 Å². The van der Waals surface area contributed by atoms with E-state index in [0.717, 1.165) is 42.2 Å². The fourth-order valence-corrected chi connectivity index (χ4v) is 5.09. The highest BCUT2D eigenvalue weighted by atomic mass is 16.7. The van der Waals surface area contributed by atoms with E-state index in [1.807, 2.05) is 43.0 Å². The summed E-state index contributed by atoms with van der Waals surface area (Å²) in [6.45, 7) is 7.51. The van der Waals surface area contributed by atoms with Gasteiger partial charge in [-0.3, -0.25) is 18.9 Å². The van der Waals surface area contributed by atoms with Crippen LogP contribution in [0.3, 0.4) is 0 Å². The molecule has 0 bridgehead atoms. The minimum absolute atomic E-state index is 0.0659. The van der Waals surface area contributed by atoms with Gasteiger partial charge in [0.25, 0.3) is 5.56 Å². The molecule has 35 heavy (non-hydrogen) atoms. The second-order valence-electron chi connectivity index (χ2n) is 9.05. The van der Waals surface area contributed by atoms with E-state index in [-0.39, 0.29) is 18.3 Å². The zero-order chi connectivity index (χ0) is 24.1. The Balaban J connectivity index is 1.18. The smallest absolute Gasteiger partial charge is 0.291 e. The standard InChI is InChI=1S/C25H27N5O5/c1-3-18(30-25(32)20-13-22-19(6-11-33-22)29(20)16(2)26-30)24(31)28-9-7-27(8-10-28)14-17-4-5-21-23(12-17)35-15-34-21/h4-6,11-13,18H,3,7-10,14-15H2,1-2H3. The van der Waals surface area contributed by atoms with Gasteiger partial charge in [0.15, 0.2) is 17.1 Å². The number of carbonyl (C=O) groups is 1. The summed E-state index contributed by atoms with van der Waals surface area (Å²) in [7, 11) is 0. The summed E-state index contributed by atoms with van der Waals surface area (Å²) in [5, 5.41) is 4.53. The monoisotopic (exact) mass is 477 g/mol. The van der Waals surface area contributed by atoms with Gasteiger partial charge in [0.05, 0.1) is 11.8 Å². The summed E-state index contributed by atoms with van der Waals surface area (Å²) in [5.41, 5.74) is 2.75. The molecule has 0 radical (unpaired) electrons. The Labute approximate surface area is 201 Å². The Morgan fingerprint density at radius 1 is 1.06 bits per heavy atom. The van der Waals surface area contributed by atoms with E-state index in [0.29, 0.717) is 36.4 Å². The van der Waals surface area contributed by atoms with Crippen molar-refractivity contribution < 1.29 is 18.7 Å². The molecule has 1 fully saturated rings. The number of ether oxygens (including phenoxy) is 2. The molecule has 0 saturated carbocycles. The highest BCUT2D eigenvalue weighted by Crippen LogP contribution is 2.33. The molecule has 10 heteroatoms. The van der Waals surface area contributed by atoms with Gasteiger partial charge in [-0.1, -0.05) is 13.0 Å². The zero-order valence-electron chi connectivity index (χ0n) is 19.8. The summed E-state index contributed by atoms with van der Waals surface area (Å²) < 4.78 is 19.5. The van der Waals surface area contributed by atoms with Crippen LogP contribution in [0.15, 0.2) is 45.8 Å². The van der Waals surface area contributed by atoms with Crippen molar-refractivity contribution in [2.45, 2.75) is 32.9 Å². The first-order valence-corrected chi connectivity index (χ1v) is 11.9. The Morgan fingerprint density at radius 3 is 2.66 bits per heavy atom. The van der Waals surface area contributed by atoms with Crippen LogP contribution < -0.4 is 15.0 Å². The Morgan fingerprint density at radius 2 is 1.86 bits per heavy atom. The van der Waals surface area contributed by atoms with Gasteiger partial charge in [-0.2, -0.15) is 5.10 Å². The number of aryl methyl sites for hydroxylation is 1. The van der Waals surface area contributed by atoms with Crippen molar-refractivity contribution in [2.24, 2.45) is 0 Å². The Kier molecular flexibility index (Phi) is 5.25. The van der Waals surface area contributed by atoms with E-state index in [2.05, 4.69) is 10.00 Å². The predicted octanol–water partition coefficient (Wildman–Crippen LogP) is 2.57. The van der Waals surface area contributed by atoms with Crippen molar-refractivity contribution in [3.63, 3.8) is 0 Å². The average molecular weight is 478 g/mol. The summed E-state index contributed by atoms with van der Waals surface area (Å²) in [6.07, 6.45) is 2.07. The maximum Gasteiger partial charge on any atom is 0.291 e. The van der Waals surface area contributed by atoms with Gasteiger partial charge in [0.2, 0.25) is 12.7 Å². The number of hydrogen-bond acceptors (Lipinski definition) is 7. The van der Waals surface area contributed by atoms with Crippen LogP contribution in [0.25, 0.3) is 16.6 Å². The van der Waals surface area contributed by atoms with Crippen molar-refractivity contribution in [1.82, 2.24) is 24.0 Å². The lowest BCUT2D eigenvalue weighted by Crippen LogP contribution is -2.51. The first kappa shape index (κ1) is 21.7. The number of nitrogens with zero attached hydrogens (tertiary/aromatic N) is 5. The van der Waals surface area contributed by atoms with Crippen LogP contribution in [-0.2, 0) is 11.3 Å². The normalized spacial score (nSPS) is 16.9. The number of hydrogen-bond donors (Lipinski definition) is 0. The van der Waals surface area contributed by atoms with Gasteiger partial charge in [-0.15, -0.1) is 0 Å².